The molecular weight excluding hydrogens is 462 g/mol. The zero-order valence-corrected chi connectivity index (χ0v) is 20.9. The molecule has 1 aromatic carbocycles. The molecule has 7 heteroatoms. The molecule has 0 spiro atoms. The van der Waals surface area contributed by atoms with E-state index in [0.29, 0.717) is 6.54 Å². The van der Waals surface area contributed by atoms with Crippen LogP contribution in [0.3, 0.4) is 0 Å². The predicted octanol–water partition coefficient (Wildman–Crippen LogP) is 6.02. The molecule has 0 unspecified atom stereocenters. The number of benzene rings is 1. The molecule has 34 heavy (non-hydrogen) atoms. The Morgan fingerprint density at radius 3 is 2.47 bits per heavy atom. The minimum absolute atomic E-state index is 0.0188. The summed E-state index contributed by atoms with van der Waals surface area (Å²) in [7, 11) is 0. The lowest BCUT2D eigenvalue weighted by Crippen LogP contribution is -2.29. The summed E-state index contributed by atoms with van der Waals surface area (Å²) in [5.74, 6) is 0. The number of nitrogens with one attached hydrogen (secondary N) is 1. The van der Waals surface area contributed by atoms with Crippen molar-refractivity contribution in [1.82, 2.24) is 24.8 Å². The molecule has 1 aliphatic rings. The van der Waals surface area contributed by atoms with E-state index in [-0.39, 0.29) is 12.1 Å². The largest absolute Gasteiger partial charge is 0.352 e. The van der Waals surface area contributed by atoms with Gasteiger partial charge in [0.2, 0.25) is 0 Å². The van der Waals surface area contributed by atoms with E-state index in [1.54, 1.807) is 0 Å². The Labute approximate surface area is 210 Å². The van der Waals surface area contributed by atoms with Crippen LogP contribution in [0.1, 0.15) is 45.9 Å². The van der Waals surface area contributed by atoms with Crippen molar-refractivity contribution in [2.45, 2.75) is 39.4 Å². The second-order valence-electron chi connectivity index (χ2n) is 8.63. The molecule has 1 N–H and O–H groups in total. The Morgan fingerprint density at radius 1 is 0.971 bits per heavy atom. The van der Waals surface area contributed by atoms with Crippen molar-refractivity contribution in [3.8, 4) is 5.69 Å². The molecule has 1 saturated heterocycles. The summed E-state index contributed by atoms with van der Waals surface area (Å²) in [6.07, 6.45) is 5.48. The minimum atomic E-state index is -0.0671. The van der Waals surface area contributed by atoms with Crippen LogP contribution in [-0.4, -0.2) is 24.5 Å². The molecule has 2 atom stereocenters. The predicted molar refractivity (Wildman–Crippen MR) is 140 cm³/mol. The fourth-order valence-electron chi connectivity index (χ4n) is 5.02. The molecule has 5 nitrogen and oxygen atoms in total. The smallest absolute Gasteiger partial charge is 0.170 e. The standard InChI is InChI=1S/C27H26ClN5S/c1-17-18(2)33(22-8-6-7-21(28)15-22)19(3)24(17)26-25(23-9-4-5-12-30-23)31-27(34)32(26)16-20-10-13-29-14-11-20/h4-15,25-26H,16H2,1-3H3,(H,31,34)/t25-,26+/m1/s1. The monoisotopic (exact) mass is 487 g/mol. The van der Waals surface area contributed by atoms with E-state index in [1.165, 1.54) is 22.5 Å². The molecule has 4 aromatic rings. The topological polar surface area (TPSA) is 46.0 Å². The van der Waals surface area contributed by atoms with Gasteiger partial charge in [-0.15, -0.1) is 0 Å². The second kappa shape index (κ2) is 9.20. The van der Waals surface area contributed by atoms with Crippen LogP contribution in [-0.2, 0) is 6.54 Å². The van der Waals surface area contributed by atoms with Gasteiger partial charge in [-0.1, -0.05) is 23.7 Å². The number of aromatic nitrogens is 3. The number of hydrogen-bond donors (Lipinski definition) is 1. The van der Waals surface area contributed by atoms with Gasteiger partial charge in [-0.2, -0.15) is 0 Å². The highest BCUT2D eigenvalue weighted by Crippen LogP contribution is 2.44. The third-order valence-corrected chi connectivity index (χ3v) is 7.26. The molecular formula is C27H26ClN5S. The lowest BCUT2D eigenvalue weighted by atomic mass is 9.93. The van der Waals surface area contributed by atoms with Gasteiger partial charge in [-0.3, -0.25) is 9.97 Å². The average Bonchev–Trinajstić information content (AvgIpc) is 3.27. The summed E-state index contributed by atoms with van der Waals surface area (Å²) in [5, 5.41) is 5.02. The lowest BCUT2D eigenvalue weighted by molar-refractivity contribution is 0.309. The Balaban J connectivity index is 1.67. The first kappa shape index (κ1) is 22.6. The normalized spacial score (nSPS) is 17.8. The molecule has 1 fully saturated rings. The minimum Gasteiger partial charge on any atom is -0.352 e. The van der Waals surface area contributed by atoms with Crippen molar-refractivity contribution in [2.75, 3.05) is 0 Å². The SMILES string of the molecule is Cc1c([C@H]2[C@@H](c3ccccn3)NC(=S)N2Cc2ccncc2)c(C)n(-c2cccc(Cl)c2)c1C. The van der Waals surface area contributed by atoms with Gasteiger partial charge in [-0.25, -0.2) is 0 Å². The number of pyridine rings is 2. The van der Waals surface area contributed by atoms with Crippen LogP contribution in [0.5, 0.6) is 0 Å². The highest BCUT2D eigenvalue weighted by molar-refractivity contribution is 7.80. The maximum atomic E-state index is 6.35. The van der Waals surface area contributed by atoms with Gasteiger partial charge in [0.1, 0.15) is 0 Å². The summed E-state index contributed by atoms with van der Waals surface area (Å²) in [5.41, 5.74) is 8.06. The summed E-state index contributed by atoms with van der Waals surface area (Å²) < 4.78 is 2.29. The molecule has 4 heterocycles. The van der Waals surface area contributed by atoms with Gasteiger partial charge in [0, 0.05) is 52.8 Å². The highest BCUT2D eigenvalue weighted by Gasteiger charge is 2.42. The van der Waals surface area contributed by atoms with Gasteiger partial charge in [0.05, 0.1) is 17.8 Å². The van der Waals surface area contributed by atoms with Crippen LogP contribution in [0.25, 0.3) is 5.69 Å². The average molecular weight is 488 g/mol. The molecule has 172 valence electrons. The maximum Gasteiger partial charge on any atom is 0.170 e. The summed E-state index contributed by atoms with van der Waals surface area (Å²) in [6.45, 7) is 7.22. The molecule has 5 rings (SSSR count). The fraction of sp³-hybridized carbons (Fsp3) is 0.222. The zero-order valence-electron chi connectivity index (χ0n) is 19.4. The van der Waals surface area contributed by atoms with Crippen LogP contribution in [0.4, 0.5) is 0 Å². The summed E-state index contributed by atoms with van der Waals surface area (Å²) >= 11 is 12.2. The number of nitrogens with zero attached hydrogens (tertiary/aromatic N) is 4. The Morgan fingerprint density at radius 2 is 1.76 bits per heavy atom. The van der Waals surface area contributed by atoms with E-state index in [0.717, 1.165) is 27.1 Å². The van der Waals surface area contributed by atoms with Gasteiger partial charge in [0.25, 0.3) is 0 Å². The third-order valence-electron chi connectivity index (χ3n) is 6.67. The van der Waals surface area contributed by atoms with Crippen molar-refractivity contribution in [1.29, 1.82) is 0 Å². The number of rotatable bonds is 5. The van der Waals surface area contributed by atoms with Gasteiger partial charge in [-0.05, 0) is 86.6 Å². The number of thiocarbonyl (C=S) groups is 1. The van der Waals surface area contributed by atoms with Crippen molar-refractivity contribution >= 4 is 28.9 Å². The van der Waals surface area contributed by atoms with E-state index in [1.807, 2.05) is 61.1 Å². The third kappa shape index (κ3) is 3.97. The summed E-state index contributed by atoms with van der Waals surface area (Å²) in [6, 6.07) is 18.0. The number of halogens is 1. The van der Waals surface area contributed by atoms with Crippen molar-refractivity contribution in [2.24, 2.45) is 0 Å². The maximum absolute atomic E-state index is 6.35. The molecule has 0 bridgehead atoms. The Kier molecular flexibility index (Phi) is 6.11. The molecule has 3 aromatic heterocycles. The van der Waals surface area contributed by atoms with Crippen molar-refractivity contribution < 1.29 is 0 Å². The van der Waals surface area contributed by atoms with E-state index in [2.05, 4.69) is 57.7 Å². The zero-order chi connectivity index (χ0) is 23.8. The van der Waals surface area contributed by atoms with E-state index < -0.39 is 0 Å². The molecule has 0 radical (unpaired) electrons. The number of hydrogen-bond acceptors (Lipinski definition) is 3. The van der Waals surface area contributed by atoms with Crippen LogP contribution in [0.15, 0.2) is 73.2 Å². The van der Waals surface area contributed by atoms with Crippen molar-refractivity contribution in [3.05, 3.63) is 112 Å². The summed E-state index contributed by atoms with van der Waals surface area (Å²) in [4.78, 5) is 11.1. The van der Waals surface area contributed by atoms with Gasteiger partial charge >= 0.3 is 0 Å². The van der Waals surface area contributed by atoms with Crippen LogP contribution >= 0.6 is 23.8 Å². The first-order valence-electron chi connectivity index (χ1n) is 11.3. The van der Waals surface area contributed by atoms with E-state index >= 15 is 0 Å². The molecule has 0 amide bonds. The van der Waals surface area contributed by atoms with Crippen LogP contribution in [0.2, 0.25) is 5.02 Å². The van der Waals surface area contributed by atoms with Crippen LogP contribution < -0.4 is 5.32 Å². The van der Waals surface area contributed by atoms with Gasteiger partial charge in [0.15, 0.2) is 5.11 Å². The van der Waals surface area contributed by atoms with Crippen LogP contribution in [0, 0.1) is 20.8 Å². The molecule has 0 aliphatic carbocycles. The van der Waals surface area contributed by atoms with Crippen molar-refractivity contribution in [3.63, 3.8) is 0 Å². The lowest BCUT2D eigenvalue weighted by Gasteiger charge is -2.29. The Bertz CT molecular complexity index is 1340. The quantitative estimate of drug-likeness (QED) is 0.349. The Hall–Kier alpha value is -3.22. The second-order valence-corrected chi connectivity index (χ2v) is 9.46. The van der Waals surface area contributed by atoms with Gasteiger partial charge < -0.3 is 14.8 Å². The highest BCUT2D eigenvalue weighted by atomic mass is 35.5. The molecule has 0 saturated carbocycles. The first-order valence-corrected chi connectivity index (χ1v) is 12.1. The van der Waals surface area contributed by atoms with E-state index in [9.17, 15) is 0 Å². The fourth-order valence-corrected chi connectivity index (χ4v) is 5.51. The molecule has 1 aliphatic heterocycles. The first-order chi connectivity index (χ1) is 16.5. The van der Waals surface area contributed by atoms with E-state index in [4.69, 9.17) is 23.8 Å².